The van der Waals surface area contributed by atoms with Crippen molar-refractivity contribution in [3.63, 3.8) is 0 Å². The van der Waals surface area contributed by atoms with Crippen molar-refractivity contribution in [2.75, 3.05) is 0 Å². The SMILES string of the molecule is O=C(O)Cc1ccccc1Oc1cccc(F)c1. The number of hydrogen-bond acceptors (Lipinski definition) is 2. The van der Waals surface area contributed by atoms with Crippen LogP contribution in [0, 0.1) is 5.82 Å². The fraction of sp³-hybridized carbons (Fsp3) is 0.0714. The Morgan fingerprint density at radius 2 is 1.94 bits per heavy atom. The lowest BCUT2D eigenvalue weighted by atomic mass is 10.1. The summed E-state index contributed by atoms with van der Waals surface area (Å²) >= 11 is 0. The molecule has 3 nitrogen and oxygen atoms in total. The first-order valence-electron chi connectivity index (χ1n) is 5.38. The minimum absolute atomic E-state index is 0.133. The van der Waals surface area contributed by atoms with Crippen LogP contribution in [-0.2, 0) is 11.2 Å². The number of ether oxygens (including phenoxy) is 1. The van der Waals surface area contributed by atoms with Crippen LogP contribution < -0.4 is 4.74 Å². The molecule has 0 saturated carbocycles. The van der Waals surface area contributed by atoms with E-state index in [4.69, 9.17) is 9.84 Å². The molecule has 0 bridgehead atoms. The largest absolute Gasteiger partial charge is 0.481 e. The maximum Gasteiger partial charge on any atom is 0.307 e. The van der Waals surface area contributed by atoms with E-state index in [1.165, 1.54) is 18.2 Å². The molecule has 0 heterocycles. The van der Waals surface area contributed by atoms with Crippen molar-refractivity contribution in [1.82, 2.24) is 0 Å². The summed E-state index contributed by atoms with van der Waals surface area (Å²) in [6.07, 6.45) is -0.133. The summed E-state index contributed by atoms with van der Waals surface area (Å²) < 4.78 is 18.5. The minimum Gasteiger partial charge on any atom is -0.481 e. The summed E-state index contributed by atoms with van der Waals surface area (Å²) in [4.78, 5) is 10.7. The second-order valence-corrected chi connectivity index (χ2v) is 3.74. The maximum atomic E-state index is 13.0. The van der Waals surface area contributed by atoms with Gasteiger partial charge in [-0.25, -0.2) is 4.39 Å². The monoisotopic (exact) mass is 246 g/mol. The summed E-state index contributed by atoms with van der Waals surface area (Å²) in [5, 5.41) is 8.79. The molecular formula is C14H11FO3. The fourth-order valence-corrected chi connectivity index (χ4v) is 1.57. The van der Waals surface area contributed by atoms with Crippen LogP contribution in [0.4, 0.5) is 4.39 Å². The van der Waals surface area contributed by atoms with E-state index in [0.29, 0.717) is 17.1 Å². The molecule has 0 spiro atoms. The van der Waals surface area contributed by atoms with Crippen molar-refractivity contribution in [2.24, 2.45) is 0 Å². The van der Waals surface area contributed by atoms with Gasteiger partial charge in [0.05, 0.1) is 6.42 Å². The van der Waals surface area contributed by atoms with Crippen molar-refractivity contribution < 1.29 is 19.0 Å². The number of carboxylic acids is 1. The van der Waals surface area contributed by atoms with E-state index >= 15 is 0 Å². The molecule has 0 fully saturated rings. The molecule has 0 amide bonds. The highest BCUT2D eigenvalue weighted by Crippen LogP contribution is 2.25. The minimum atomic E-state index is -0.940. The summed E-state index contributed by atoms with van der Waals surface area (Å²) in [5.41, 5.74) is 0.550. The van der Waals surface area contributed by atoms with Gasteiger partial charge in [-0.3, -0.25) is 4.79 Å². The first-order valence-corrected chi connectivity index (χ1v) is 5.38. The Bertz CT molecular complexity index is 566. The van der Waals surface area contributed by atoms with Crippen LogP contribution in [0.3, 0.4) is 0 Å². The summed E-state index contributed by atoms with van der Waals surface area (Å²) in [6, 6.07) is 12.5. The average Bonchev–Trinajstić information content (AvgIpc) is 2.31. The third kappa shape index (κ3) is 3.07. The molecule has 0 aliphatic carbocycles. The Kier molecular flexibility index (Phi) is 3.57. The van der Waals surface area contributed by atoms with Gasteiger partial charge in [0.1, 0.15) is 17.3 Å². The lowest BCUT2D eigenvalue weighted by molar-refractivity contribution is -0.136. The van der Waals surface area contributed by atoms with Crippen LogP contribution in [0.15, 0.2) is 48.5 Å². The van der Waals surface area contributed by atoms with E-state index in [9.17, 15) is 9.18 Å². The van der Waals surface area contributed by atoms with Gasteiger partial charge in [-0.2, -0.15) is 0 Å². The molecule has 2 aromatic carbocycles. The van der Waals surface area contributed by atoms with Crippen molar-refractivity contribution >= 4 is 5.97 Å². The van der Waals surface area contributed by atoms with E-state index in [1.807, 2.05) is 0 Å². The van der Waals surface area contributed by atoms with Crippen molar-refractivity contribution in [3.8, 4) is 11.5 Å². The van der Waals surface area contributed by atoms with Crippen LogP contribution in [0.2, 0.25) is 0 Å². The van der Waals surface area contributed by atoms with E-state index in [0.717, 1.165) is 0 Å². The van der Waals surface area contributed by atoms with Crippen molar-refractivity contribution in [2.45, 2.75) is 6.42 Å². The third-order valence-corrected chi connectivity index (χ3v) is 2.34. The Hall–Kier alpha value is -2.36. The number of para-hydroxylation sites is 1. The number of hydrogen-bond donors (Lipinski definition) is 1. The molecule has 18 heavy (non-hydrogen) atoms. The average molecular weight is 246 g/mol. The van der Waals surface area contributed by atoms with E-state index < -0.39 is 11.8 Å². The Morgan fingerprint density at radius 3 is 2.67 bits per heavy atom. The van der Waals surface area contributed by atoms with Gasteiger partial charge in [-0.05, 0) is 18.2 Å². The molecule has 0 unspecified atom stereocenters. The van der Waals surface area contributed by atoms with E-state index in [2.05, 4.69) is 0 Å². The highest BCUT2D eigenvalue weighted by Gasteiger charge is 2.08. The van der Waals surface area contributed by atoms with E-state index in [-0.39, 0.29) is 6.42 Å². The zero-order chi connectivity index (χ0) is 13.0. The number of halogens is 1. The number of carbonyl (C=O) groups is 1. The zero-order valence-corrected chi connectivity index (χ0v) is 9.47. The van der Waals surface area contributed by atoms with Gasteiger partial charge < -0.3 is 9.84 Å². The summed E-state index contributed by atoms with van der Waals surface area (Å²) in [6.45, 7) is 0. The highest BCUT2D eigenvalue weighted by atomic mass is 19.1. The molecule has 0 aromatic heterocycles. The van der Waals surface area contributed by atoms with Gasteiger partial charge in [0.2, 0.25) is 0 Å². The quantitative estimate of drug-likeness (QED) is 0.900. The number of rotatable bonds is 4. The van der Waals surface area contributed by atoms with Gasteiger partial charge in [-0.15, -0.1) is 0 Å². The van der Waals surface area contributed by atoms with Crippen LogP contribution in [0.25, 0.3) is 0 Å². The molecule has 92 valence electrons. The van der Waals surface area contributed by atoms with E-state index in [1.54, 1.807) is 30.3 Å². The standard InChI is InChI=1S/C14H11FO3/c15-11-5-3-6-12(9-11)18-13-7-2-1-4-10(13)8-14(16)17/h1-7,9H,8H2,(H,16,17). The second-order valence-electron chi connectivity index (χ2n) is 3.74. The lowest BCUT2D eigenvalue weighted by Gasteiger charge is -2.09. The first-order chi connectivity index (χ1) is 8.65. The topological polar surface area (TPSA) is 46.5 Å². The summed E-state index contributed by atoms with van der Waals surface area (Å²) in [7, 11) is 0. The molecule has 0 aliphatic heterocycles. The molecule has 2 aromatic rings. The van der Waals surface area contributed by atoms with Crippen LogP contribution in [-0.4, -0.2) is 11.1 Å². The van der Waals surface area contributed by atoms with Crippen LogP contribution in [0.1, 0.15) is 5.56 Å². The maximum absolute atomic E-state index is 13.0. The molecule has 0 aliphatic rings. The molecule has 0 radical (unpaired) electrons. The van der Waals surface area contributed by atoms with Gasteiger partial charge in [0.15, 0.2) is 0 Å². The van der Waals surface area contributed by atoms with Gasteiger partial charge in [-0.1, -0.05) is 24.3 Å². The van der Waals surface area contributed by atoms with Crippen LogP contribution >= 0.6 is 0 Å². The normalized spacial score (nSPS) is 10.1. The molecular weight excluding hydrogens is 235 g/mol. The first kappa shape index (κ1) is 12.1. The Balaban J connectivity index is 2.26. The predicted molar refractivity (Wildman–Crippen MR) is 64.3 cm³/mol. The fourth-order valence-electron chi connectivity index (χ4n) is 1.57. The van der Waals surface area contributed by atoms with Crippen molar-refractivity contribution in [3.05, 3.63) is 59.9 Å². The molecule has 0 atom stereocenters. The molecule has 4 heteroatoms. The zero-order valence-electron chi connectivity index (χ0n) is 9.47. The van der Waals surface area contributed by atoms with Gasteiger partial charge in [0.25, 0.3) is 0 Å². The Labute approximate surface area is 103 Å². The number of aliphatic carboxylic acids is 1. The smallest absolute Gasteiger partial charge is 0.307 e. The molecule has 1 N–H and O–H groups in total. The predicted octanol–water partition coefficient (Wildman–Crippen LogP) is 3.25. The van der Waals surface area contributed by atoms with Crippen LogP contribution in [0.5, 0.6) is 11.5 Å². The Morgan fingerprint density at radius 1 is 1.17 bits per heavy atom. The van der Waals surface area contributed by atoms with Crippen molar-refractivity contribution in [1.29, 1.82) is 0 Å². The van der Waals surface area contributed by atoms with Gasteiger partial charge in [0, 0.05) is 11.6 Å². The molecule has 2 rings (SSSR count). The number of benzene rings is 2. The summed E-state index contributed by atoms with van der Waals surface area (Å²) in [5.74, 6) is -0.577. The van der Waals surface area contributed by atoms with Gasteiger partial charge >= 0.3 is 5.97 Å². The molecule has 0 saturated heterocycles. The number of carboxylic acid groups (broad SMARTS) is 1. The second kappa shape index (κ2) is 5.31. The lowest BCUT2D eigenvalue weighted by Crippen LogP contribution is -2.01. The third-order valence-electron chi connectivity index (χ3n) is 2.34. The highest BCUT2D eigenvalue weighted by molar-refractivity contribution is 5.71.